The minimum absolute atomic E-state index is 0.354. The van der Waals surface area contributed by atoms with Crippen LogP contribution in [0.15, 0.2) is 22.4 Å². The van der Waals surface area contributed by atoms with E-state index in [9.17, 15) is 4.79 Å². The molecule has 1 heterocycles. The van der Waals surface area contributed by atoms with E-state index in [0.29, 0.717) is 12.0 Å². The number of carbonyl (C=O) groups excluding carboxylic acids is 1. The standard InChI is InChI=1S/C9H7BrN2O/c10-8-3-5-1-6(9(11)13)2-7(5)4-12-8/h1,3-4H,2H2,(H2,11,13). The number of aromatic nitrogens is 1. The maximum absolute atomic E-state index is 10.9. The summed E-state index contributed by atoms with van der Waals surface area (Å²) in [6.07, 6.45) is 4.17. The summed E-state index contributed by atoms with van der Waals surface area (Å²) < 4.78 is 0.772. The van der Waals surface area contributed by atoms with Crippen LogP contribution in [-0.2, 0) is 11.2 Å². The molecule has 1 aromatic heterocycles. The molecule has 3 nitrogen and oxygen atoms in total. The molecule has 0 aliphatic heterocycles. The van der Waals surface area contributed by atoms with Gasteiger partial charge in [0, 0.05) is 18.2 Å². The van der Waals surface area contributed by atoms with E-state index < -0.39 is 0 Å². The molecule has 13 heavy (non-hydrogen) atoms. The molecule has 1 aliphatic rings. The van der Waals surface area contributed by atoms with Gasteiger partial charge < -0.3 is 5.73 Å². The Hall–Kier alpha value is -1.16. The number of fused-ring (bicyclic) bond motifs is 1. The third-order valence-corrected chi connectivity index (χ3v) is 2.45. The summed E-state index contributed by atoms with van der Waals surface area (Å²) >= 11 is 3.27. The molecule has 0 bridgehead atoms. The minimum atomic E-state index is -0.354. The van der Waals surface area contributed by atoms with Crippen LogP contribution in [-0.4, -0.2) is 10.9 Å². The van der Waals surface area contributed by atoms with Gasteiger partial charge in [0.25, 0.3) is 0 Å². The van der Waals surface area contributed by atoms with E-state index in [2.05, 4.69) is 20.9 Å². The maximum atomic E-state index is 10.9. The molecule has 1 aromatic rings. The summed E-state index contributed by atoms with van der Waals surface area (Å²) in [4.78, 5) is 15.0. The zero-order valence-corrected chi connectivity index (χ0v) is 8.34. The Bertz CT molecular complexity index is 412. The number of hydrogen-bond donors (Lipinski definition) is 1. The normalized spacial score (nSPS) is 13.8. The van der Waals surface area contributed by atoms with E-state index in [0.717, 1.165) is 15.7 Å². The van der Waals surface area contributed by atoms with Gasteiger partial charge in [-0.15, -0.1) is 0 Å². The number of pyridine rings is 1. The van der Waals surface area contributed by atoms with Gasteiger partial charge >= 0.3 is 0 Å². The van der Waals surface area contributed by atoms with Crippen molar-refractivity contribution in [2.24, 2.45) is 5.73 Å². The van der Waals surface area contributed by atoms with Gasteiger partial charge in [0.05, 0.1) is 0 Å². The van der Waals surface area contributed by atoms with Crippen molar-refractivity contribution in [1.82, 2.24) is 4.98 Å². The van der Waals surface area contributed by atoms with Crippen LogP contribution in [0.5, 0.6) is 0 Å². The zero-order chi connectivity index (χ0) is 9.42. The van der Waals surface area contributed by atoms with E-state index in [1.54, 1.807) is 6.20 Å². The monoisotopic (exact) mass is 238 g/mol. The highest BCUT2D eigenvalue weighted by Gasteiger charge is 2.16. The summed E-state index contributed by atoms with van der Waals surface area (Å²) in [6, 6.07) is 1.88. The second kappa shape index (κ2) is 2.96. The van der Waals surface area contributed by atoms with Gasteiger partial charge in [0.2, 0.25) is 5.91 Å². The predicted molar refractivity (Wildman–Crippen MR) is 52.8 cm³/mol. The molecule has 0 atom stereocenters. The number of nitrogens with zero attached hydrogens (tertiary/aromatic N) is 1. The molecule has 2 N–H and O–H groups in total. The van der Waals surface area contributed by atoms with Gasteiger partial charge in [-0.1, -0.05) is 0 Å². The summed E-state index contributed by atoms with van der Waals surface area (Å²) in [5.74, 6) is -0.354. The number of nitrogens with two attached hydrogens (primary N) is 1. The van der Waals surface area contributed by atoms with E-state index in [4.69, 9.17) is 5.73 Å². The molecule has 4 heteroatoms. The fourth-order valence-corrected chi connectivity index (χ4v) is 1.71. The third kappa shape index (κ3) is 1.49. The molecule has 1 amide bonds. The molecule has 0 saturated carbocycles. The largest absolute Gasteiger partial charge is 0.366 e. The third-order valence-electron chi connectivity index (χ3n) is 2.02. The lowest BCUT2D eigenvalue weighted by atomic mass is 10.1. The summed E-state index contributed by atoms with van der Waals surface area (Å²) in [6.45, 7) is 0. The van der Waals surface area contributed by atoms with Crippen molar-refractivity contribution in [3.63, 3.8) is 0 Å². The summed E-state index contributed by atoms with van der Waals surface area (Å²) in [7, 11) is 0. The van der Waals surface area contributed by atoms with Crippen molar-refractivity contribution >= 4 is 27.9 Å². The first-order chi connectivity index (χ1) is 6.16. The Labute approximate surface area is 83.8 Å². The molecular formula is C9H7BrN2O. The van der Waals surface area contributed by atoms with Crippen LogP contribution in [0, 0.1) is 0 Å². The number of primary amides is 1. The van der Waals surface area contributed by atoms with E-state index in [1.165, 1.54) is 0 Å². The van der Waals surface area contributed by atoms with Crippen molar-refractivity contribution < 1.29 is 4.79 Å². The number of rotatable bonds is 1. The fourth-order valence-electron chi connectivity index (χ4n) is 1.36. The number of halogens is 1. The Morgan fingerprint density at radius 3 is 3.08 bits per heavy atom. The zero-order valence-electron chi connectivity index (χ0n) is 6.75. The van der Waals surface area contributed by atoms with Crippen molar-refractivity contribution in [2.45, 2.75) is 6.42 Å². The molecule has 2 rings (SSSR count). The van der Waals surface area contributed by atoms with Crippen LogP contribution < -0.4 is 5.73 Å². The topological polar surface area (TPSA) is 56.0 Å². The molecule has 1 aliphatic carbocycles. The van der Waals surface area contributed by atoms with Crippen molar-refractivity contribution in [3.05, 3.63) is 33.6 Å². The van der Waals surface area contributed by atoms with Crippen LogP contribution in [0.4, 0.5) is 0 Å². The lowest BCUT2D eigenvalue weighted by Gasteiger charge is -1.96. The lowest BCUT2D eigenvalue weighted by molar-refractivity contribution is -0.114. The summed E-state index contributed by atoms with van der Waals surface area (Å²) in [5, 5.41) is 0. The Kier molecular flexibility index (Phi) is 1.92. The molecular weight excluding hydrogens is 232 g/mol. The molecule has 0 fully saturated rings. The van der Waals surface area contributed by atoms with Crippen molar-refractivity contribution in [3.8, 4) is 0 Å². The molecule has 0 saturated heterocycles. The number of amides is 1. The number of hydrogen-bond acceptors (Lipinski definition) is 2. The van der Waals surface area contributed by atoms with Gasteiger partial charge in [0.15, 0.2) is 0 Å². The molecule has 66 valence electrons. The van der Waals surface area contributed by atoms with Gasteiger partial charge in [-0.05, 0) is 39.2 Å². The highest BCUT2D eigenvalue weighted by atomic mass is 79.9. The van der Waals surface area contributed by atoms with Gasteiger partial charge in [-0.2, -0.15) is 0 Å². The quantitative estimate of drug-likeness (QED) is 0.750. The Morgan fingerprint density at radius 2 is 2.38 bits per heavy atom. The second-order valence-corrected chi connectivity index (χ2v) is 3.73. The first kappa shape index (κ1) is 8.44. The van der Waals surface area contributed by atoms with E-state index in [-0.39, 0.29) is 5.91 Å². The lowest BCUT2D eigenvalue weighted by Crippen LogP contribution is -2.13. The molecule has 0 spiro atoms. The van der Waals surface area contributed by atoms with Crippen LogP contribution in [0.25, 0.3) is 6.08 Å². The number of carbonyl (C=O) groups is 1. The van der Waals surface area contributed by atoms with E-state index in [1.807, 2.05) is 12.1 Å². The van der Waals surface area contributed by atoms with Crippen molar-refractivity contribution in [1.29, 1.82) is 0 Å². The first-order valence-electron chi connectivity index (χ1n) is 3.81. The first-order valence-corrected chi connectivity index (χ1v) is 4.61. The van der Waals surface area contributed by atoms with Crippen LogP contribution in [0.2, 0.25) is 0 Å². The van der Waals surface area contributed by atoms with E-state index >= 15 is 0 Å². The van der Waals surface area contributed by atoms with Crippen LogP contribution >= 0.6 is 15.9 Å². The van der Waals surface area contributed by atoms with Crippen LogP contribution in [0.1, 0.15) is 11.1 Å². The van der Waals surface area contributed by atoms with Crippen molar-refractivity contribution in [2.75, 3.05) is 0 Å². The Balaban J connectivity index is 2.43. The fraction of sp³-hybridized carbons (Fsp3) is 0.111. The molecule has 0 radical (unpaired) electrons. The van der Waals surface area contributed by atoms with Gasteiger partial charge in [-0.3, -0.25) is 4.79 Å². The smallest absolute Gasteiger partial charge is 0.244 e. The minimum Gasteiger partial charge on any atom is -0.366 e. The average Bonchev–Trinajstić information content (AvgIpc) is 2.46. The maximum Gasteiger partial charge on any atom is 0.244 e. The van der Waals surface area contributed by atoms with Crippen LogP contribution in [0.3, 0.4) is 0 Å². The Morgan fingerprint density at radius 1 is 1.62 bits per heavy atom. The van der Waals surface area contributed by atoms with Gasteiger partial charge in [-0.25, -0.2) is 4.98 Å². The van der Waals surface area contributed by atoms with Gasteiger partial charge in [0.1, 0.15) is 4.60 Å². The predicted octanol–water partition coefficient (Wildman–Crippen LogP) is 1.27. The highest BCUT2D eigenvalue weighted by Crippen LogP contribution is 2.25. The average molecular weight is 239 g/mol. The SMILES string of the molecule is NC(=O)C1=Cc2cc(Br)ncc2C1. The molecule has 0 aromatic carbocycles. The highest BCUT2D eigenvalue weighted by molar-refractivity contribution is 9.10. The second-order valence-electron chi connectivity index (χ2n) is 2.92. The summed E-state index contributed by atoms with van der Waals surface area (Å²) in [5.41, 5.74) is 7.90. The molecule has 0 unspecified atom stereocenters.